The maximum atomic E-state index is 13.6. The Morgan fingerprint density at radius 1 is 0.805 bits per heavy atom. The molecule has 11 heteroatoms. The summed E-state index contributed by atoms with van der Waals surface area (Å²) in [5.74, 6) is -0.796. The predicted molar refractivity (Wildman–Crippen MR) is 143 cm³/mol. The lowest BCUT2D eigenvalue weighted by Gasteiger charge is -2.47. The summed E-state index contributed by atoms with van der Waals surface area (Å²) in [6.45, 7) is 6.05. The number of alkyl halides is 6. The van der Waals surface area contributed by atoms with Gasteiger partial charge in [0.15, 0.2) is 0 Å². The minimum Gasteiger partial charge on any atom is -0.335 e. The highest BCUT2D eigenvalue weighted by atomic mass is 19.4. The molecular weight excluding hydrogens is 546 g/mol. The summed E-state index contributed by atoms with van der Waals surface area (Å²) in [7, 11) is 0. The second-order valence-corrected chi connectivity index (χ2v) is 11.4. The van der Waals surface area contributed by atoms with Crippen LogP contribution in [0.3, 0.4) is 0 Å². The standard InChI is InChI=1S/C30H36F6N4O/c31-29(32,33)23-16-22(17-24(18-23)30(34,35)36)28(41)40-10-8-25(19-27(40)15-21-5-2-1-3-6-21)38-11-13-39(14-12-38)26-7-4-9-37-20-26/h1-3,5-6,16-18,25-27,37H,4,7-15,19-20H2. The van der Waals surface area contributed by atoms with Crippen LogP contribution in [0.4, 0.5) is 26.3 Å². The Balaban J connectivity index is 1.35. The first-order valence-electron chi connectivity index (χ1n) is 14.3. The Morgan fingerprint density at radius 3 is 1.98 bits per heavy atom. The molecule has 0 saturated carbocycles. The van der Waals surface area contributed by atoms with E-state index in [-0.39, 0.29) is 24.7 Å². The topological polar surface area (TPSA) is 38.8 Å². The van der Waals surface area contributed by atoms with Crippen LogP contribution >= 0.6 is 0 Å². The van der Waals surface area contributed by atoms with Crippen LogP contribution in [0.2, 0.25) is 0 Å². The fourth-order valence-corrected chi connectivity index (χ4v) is 6.57. The van der Waals surface area contributed by atoms with E-state index in [1.165, 1.54) is 17.7 Å². The zero-order valence-corrected chi connectivity index (χ0v) is 22.9. The highest BCUT2D eigenvalue weighted by Crippen LogP contribution is 2.37. The number of nitrogens with one attached hydrogen (secondary N) is 1. The summed E-state index contributed by atoms with van der Waals surface area (Å²) >= 11 is 0. The first-order chi connectivity index (χ1) is 19.5. The van der Waals surface area contributed by atoms with Crippen molar-refractivity contribution in [1.82, 2.24) is 20.0 Å². The Bertz CT molecular complexity index is 1140. The molecule has 5 nitrogen and oxygen atoms in total. The zero-order chi connectivity index (χ0) is 29.2. The number of nitrogens with zero attached hydrogens (tertiary/aromatic N) is 3. The molecule has 41 heavy (non-hydrogen) atoms. The third kappa shape index (κ3) is 7.24. The van der Waals surface area contributed by atoms with Crippen LogP contribution in [0.15, 0.2) is 48.5 Å². The predicted octanol–water partition coefficient (Wildman–Crippen LogP) is 5.31. The van der Waals surface area contributed by atoms with Crippen molar-refractivity contribution < 1.29 is 31.1 Å². The Kier molecular flexibility index (Phi) is 8.96. The first-order valence-corrected chi connectivity index (χ1v) is 14.3. The number of hydrogen-bond acceptors (Lipinski definition) is 4. The summed E-state index contributed by atoms with van der Waals surface area (Å²) in [6.07, 6.45) is -5.95. The molecule has 0 aromatic heterocycles. The minimum absolute atomic E-state index is 0.0630. The average molecular weight is 583 g/mol. The Labute approximate surface area is 236 Å². The molecule has 3 atom stereocenters. The maximum absolute atomic E-state index is 13.6. The largest absolute Gasteiger partial charge is 0.416 e. The van der Waals surface area contributed by atoms with E-state index in [0.717, 1.165) is 44.8 Å². The fraction of sp³-hybridized carbons (Fsp3) is 0.567. The molecule has 3 aliphatic rings. The molecule has 0 aliphatic carbocycles. The number of amides is 1. The van der Waals surface area contributed by atoms with Gasteiger partial charge >= 0.3 is 12.4 Å². The normalized spacial score (nSPS) is 25.3. The molecule has 2 aromatic rings. The number of carbonyl (C=O) groups excluding carboxylic acids is 1. The van der Waals surface area contributed by atoms with Crippen LogP contribution in [0.25, 0.3) is 0 Å². The van der Waals surface area contributed by atoms with Crippen molar-refractivity contribution in [2.75, 3.05) is 45.8 Å². The van der Waals surface area contributed by atoms with Gasteiger partial charge in [-0.05, 0) is 62.4 Å². The van der Waals surface area contributed by atoms with Gasteiger partial charge in [0.1, 0.15) is 0 Å². The van der Waals surface area contributed by atoms with Gasteiger partial charge in [-0.25, -0.2) is 0 Å². The third-order valence-electron chi connectivity index (χ3n) is 8.75. The lowest BCUT2D eigenvalue weighted by molar-refractivity contribution is -0.143. The maximum Gasteiger partial charge on any atom is 0.416 e. The molecule has 0 spiro atoms. The van der Waals surface area contributed by atoms with E-state index in [9.17, 15) is 31.1 Å². The van der Waals surface area contributed by atoms with Crippen molar-refractivity contribution in [2.45, 2.75) is 62.6 Å². The summed E-state index contributed by atoms with van der Waals surface area (Å²) < 4.78 is 81.0. The minimum atomic E-state index is -5.01. The summed E-state index contributed by atoms with van der Waals surface area (Å²) in [5, 5.41) is 3.47. The molecule has 3 unspecified atom stereocenters. The van der Waals surface area contributed by atoms with Crippen molar-refractivity contribution >= 4 is 5.91 Å². The Hall–Kier alpha value is -2.63. The second-order valence-electron chi connectivity index (χ2n) is 11.4. The molecule has 2 aromatic carbocycles. The number of rotatable bonds is 5. The molecule has 5 rings (SSSR count). The van der Waals surface area contributed by atoms with Crippen molar-refractivity contribution in [2.24, 2.45) is 0 Å². The molecule has 1 amide bonds. The van der Waals surface area contributed by atoms with E-state index in [2.05, 4.69) is 15.1 Å². The van der Waals surface area contributed by atoms with Gasteiger partial charge in [0.2, 0.25) is 0 Å². The lowest BCUT2D eigenvalue weighted by Crippen LogP contribution is -2.59. The number of piperidine rings is 2. The molecule has 1 N–H and O–H groups in total. The van der Waals surface area contributed by atoms with Gasteiger partial charge in [0.25, 0.3) is 5.91 Å². The van der Waals surface area contributed by atoms with Gasteiger partial charge in [-0.3, -0.25) is 14.6 Å². The number of likely N-dealkylation sites (tertiary alicyclic amines) is 1. The van der Waals surface area contributed by atoms with Crippen LogP contribution in [0, 0.1) is 0 Å². The summed E-state index contributed by atoms with van der Waals surface area (Å²) in [4.78, 5) is 20.1. The summed E-state index contributed by atoms with van der Waals surface area (Å²) in [5.41, 5.74) is -2.57. The molecule has 224 valence electrons. The van der Waals surface area contributed by atoms with Crippen LogP contribution in [0.1, 0.15) is 52.7 Å². The van der Waals surface area contributed by atoms with E-state index < -0.39 is 35.0 Å². The number of carbonyl (C=O) groups is 1. The van der Waals surface area contributed by atoms with Gasteiger partial charge in [-0.1, -0.05) is 30.3 Å². The van der Waals surface area contributed by atoms with Crippen LogP contribution in [-0.2, 0) is 18.8 Å². The molecule has 3 saturated heterocycles. The second kappa shape index (κ2) is 12.3. The van der Waals surface area contributed by atoms with Gasteiger partial charge in [0.05, 0.1) is 11.1 Å². The van der Waals surface area contributed by atoms with Crippen molar-refractivity contribution in [3.05, 3.63) is 70.8 Å². The van der Waals surface area contributed by atoms with Gasteiger partial charge in [0, 0.05) is 63.0 Å². The summed E-state index contributed by atoms with van der Waals surface area (Å²) in [6, 6.07) is 11.0. The van der Waals surface area contributed by atoms with Crippen LogP contribution < -0.4 is 5.32 Å². The van der Waals surface area contributed by atoms with Gasteiger partial charge in [-0.2, -0.15) is 26.3 Å². The monoisotopic (exact) mass is 582 g/mol. The lowest BCUT2D eigenvalue weighted by atomic mass is 9.90. The highest BCUT2D eigenvalue weighted by Gasteiger charge is 2.40. The molecule has 3 aliphatic heterocycles. The quantitative estimate of drug-likeness (QED) is 0.486. The smallest absolute Gasteiger partial charge is 0.335 e. The number of piperazine rings is 1. The molecule has 3 heterocycles. The van der Waals surface area contributed by atoms with Gasteiger partial charge in [-0.15, -0.1) is 0 Å². The highest BCUT2D eigenvalue weighted by molar-refractivity contribution is 5.95. The van der Waals surface area contributed by atoms with Crippen LogP contribution in [-0.4, -0.2) is 84.5 Å². The van der Waals surface area contributed by atoms with E-state index in [1.54, 1.807) is 0 Å². The Morgan fingerprint density at radius 2 is 1.41 bits per heavy atom. The van der Waals surface area contributed by atoms with Gasteiger partial charge < -0.3 is 10.2 Å². The van der Waals surface area contributed by atoms with E-state index in [1.807, 2.05) is 30.3 Å². The number of halogens is 6. The molecule has 3 fully saturated rings. The van der Waals surface area contributed by atoms with E-state index in [0.29, 0.717) is 37.4 Å². The van der Waals surface area contributed by atoms with Crippen molar-refractivity contribution in [1.29, 1.82) is 0 Å². The number of benzene rings is 2. The van der Waals surface area contributed by atoms with Crippen molar-refractivity contribution in [3.8, 4) is 0 Å². The fourth-order valence-electron chi connectivity index (χ4n) is 6.57. The average Bonchev–Trinajstić information content (AvgIpc) is 2.97. The SMILES string of the molecule is O=C(c1cc(C(F)(F)F)cc(C(F)(F)F)c1)N1CCC(N2CCN(C3CCCNC3)CC2)CC1Cc1ccccc1. The number of hydrogen-bond donors (Lipinski definition) is 1. The molecule has 0 radical (unpaired) electrons. The van der Waals surface area contributed by atoms with Crippen LogP contribution in [0.5, 0.6) is 0 Å². The van der Waals surface area contributed by atoms with E-state index >= 15 is 0 Å². The van der Waals surface area contributed by atoms with E-state index in [4.69, 9.17) is 0 Å². The molecule has 0 bridgehead atoms. The first kappa shape index (κ1) is 29.8. The zero-order valence-electron chi connectivity index (χ0n) is 22.9. The molecular formula is C30H36F6N4O. The van der Waals surface area contributed by atoms with Crippen molar-refractivity contribution in [3.63, 3.8) is 0 Å². The third-order valence-corrected chi connectivity index (χ3v) is 8.75.